The van der Waals surface area contributed by atoms with Crippen LogP contribution in [0.5, 0.6) is 5.75 Å². The minimum Gasteiger partial charge on any atom is -0.508 e. The average molecular weight is 372 g/mol. The van der Waals surface area contributed by atoms with Gasteiger partial charge in [-0.3, -0.25) is 20.1 Å². The van der Waals surface area contributed by atoms with Gasteiger partial charge in [-0.1, -0.05) is 0 Å². The summed E-state index contributed by atoms with van der Waals surface area (Å²) in [6.45, 7) is 0. The van der Waals surface area contributed by atoms with E-state index in [1.165, 1.54) is 24.1 Å². The Balaban J connectivity index is 0.000000167. The minimum atomic E-state index is 0. The van der Waals surface area contributed by atoms with Crippen LogP contribution in [0, 0.1) is 11.3 Å². The number of phenolic OH excluding ortho intramolecular Hbond substituents is 1. The van der Waals surface area contributed by atoms with Crippen LogP contribution in [0.3, 0.4) is 0 Å². The largest absolute Gasteiger partial charge is 0.508 e. The average Bonchev–Trinajstić information content (AvgIpc) is 3.17. The number of phenols is 1. The highest BCUT2D eigenvalue weighted by molar-refractivity contribution is 5.92. The number of pyridine rings is 1. The van der Waals surface area contributed by atoms with Crippen molar-refractivity contribution in [3.63, 3.8) is 0 Å². The Morgan fingerprint density at radius 1 is 1.07 bits per heavy atom. The summed E-state index contributed by atoms with van der Waals surface area (Å²) in [6.07, 6.45) is 11.2. The van der Waals surface area contributed by atoms with Crippen LogP contribution in [0.1, 0.15) is 31.1 Å². The molecule has 0 bridgehead atoms. The molecule has 1 aromatic carbocycles. The molecule has 3 aromatic heterocycles. The van der Waals surface area contributed by atoms with Crippen molar-refractivity contribution in [2.24, 2.45) is 0 Å². The lowest BCUT2D eigenvalue weighted by Gasteiger charge is -2.13. The van der Waals surface area contributed by atoms with Crippen LogP contribution in [0.4, 0.5) is 0 Å². The molecule has 7 heteroatoms. The highest BCUT2D eigenvalue weighted by Gasteiger charge is 2.10. The second kappa shape index (κ2) is 7.84. The van der Waals surface area contributed by atoms with Crippen molar-refractivity contribution in [3.8, 4) is 23.2 Å². The number of nitrogens with zero attached hydrogens (tertiary/aromatic N) is 5. The summed E-state index contributed by atoms with van der Waals surface area (Å²) in [5.41, 5.74) is 5.40. The lowest BCUT2D eigenvalue weighted by Crippen LogP contribution is -2.05. The third-order valence-corrected chi connectivity index (χ3v) is 4.65. The van der Waals surface area contributed by atoms with E-state index >= 15 is 0 Å². The Labute approximate surface area is 163 Å². The Kier molecular flexibility index (Phi) is 4.93. The minimum absolute atomic E-state index is 0. The van der Waals surface area contributed by atoms with E-state index < -0.39 is 0 Å². The molecule has 0 atom stereocenters. The number of nitrogens with one attached hydrogen (secondary N) is 1. The SMILES string of the molecule is N#Cc1cnc2c(c1)CCCC2.Oc1ccc2[nH]nc(-c3cnccn3)c2c1.[HH]. The van der Waals surface area contributed by atoms with E-state index in [-0.39, 0.29) is 7.18 Å². The number of hydrogen-bond donors (Lipinski definition) is 2. The predicted molar refractivity (Wildman–Crippen MR) is 106 cm³/mol. The number of hydrogen-bond acceptors (Lipinski definition) is 6. The van der Waals surface area contributed by atoms with E-state index in [1.807, 2.05) is 6.07 Å². The number of nitriles is 1. The van der Waals surface area contributed by atoms with Gasteiger partial charge in [-0.15, -0.1) is 0 Å². The summed E-state index contributed by atoms with van der Waals surface area (Å²) < 4.78 is 0. The predicted octanol–water partition coefficient (Wildman–Crippen LogP) is 3.80. The van der Waals surface area contributed by atoms with Gasteiger partial charge in [-0.25, -0.2) is 0 Å². The number of fused-ring (bicyclic) bond motifs is 2. The molecule has 3 heterocycles. The summed E-state index contributed by atoms with van der Waals surface area (Å²) in [5.74, 6) is 0.207. The van der Waals surface area contributed by atoms with Crippen LogP contribution >= 0.6 is 0 Å². The molecule has 7 nitrogen and oxygen atoms in total. The highest BCUT2D eigenvalue weighted by atomic mass is 16.3. The van der Waals surface area contributed by atoms with Crippen LogP contribution in [0.25, 0.3) is 22.3 Å². The third kappa shape index (κ3) is 3.67. The lowest BCUT2D eigenvalue weighted by atomic mass is 9.95. The third-order valence-electron chi connectivity index (χ3n) is 4.65. The molecule has 2 N–H and O–H groups in total. The van der Waals surface area contributed by atoms with E-state index in [2.05, 4.69) is 31.2 Å². The molecule has 5 rings (SSSR count). The fraction of sp³-hybridized carbons (Fsp3) is 0.190. The first kappa shape index (κ1) is 17.6. The van der Waals surface area contributed by atoms with Gasteiger partial charge < -0.3 is 5.11 Å². The van der Waals surface area contributed by atoms with Crippen molar-refractivity contribution in [3.05, 3.63) is 65.9 Å². The molecule has 0 fully saturated rings. The second-order valence-corrected chi connectivity index (χ2v) is 6.54. The van der Waals surface area contributed by atoms with Crippen molar-refractivity contribution in [1.29, 1.82) is 5.26 Å². The number of aryl methyl sites for hydroxylation is 2. The maximum absolute atomic E-state index is 9.44. The van der Waals surface area contributed by atoms with Crippen molar-refractivity contribution >= 4 is 10.9 Å². The zero-order chi connectivity index (χ0) is 19.3. The summed E-state index contributed by atoms with van der Waals surface area (Å²) in [6, 6.07) is 9.13. The van der Waals surface area contributed by atoms with Crippen LogP contribution in [0.15, 0.2) is 49.1 Å². The van der Waals surface area contributed by atoms with E-state index in [4.69, 9.17) is 5.26 Å². The second-order valence-electron chi connectivity index (χ2n) is 6.54. The highest BCUT2D eigenvalue weighted by Crippen LogP contribution is 2.26. The number of aromatic hydroxyl groups is 1. The summed E-state index contributed by atoms with van der Waals surface area (Å²) in [4.78, 5) is 12.4. The monoisotopic (exact) mass is 372 g/mol. The van der Waals surface area contributed by atoms with Crippen molar-refractivity contribution < 1.29 is 6.53 Å². The maximum Gasteiger partial charge on any atom is 0.120 e. The molecular weight excluding hydrogens is 352 g/mol. The first-order valence-corrected chi connectivity index (χ1v) is 9.06. The summed E-state index contributed by atoms with van der Waals surface area (Å²) in [7, 11) is 0. The van der Waals surface area contributed by atoms with Gasteiger partial charge in [-0.05, 0) is 55.5 Å². The van der Waals surface area contributed by atoms with Crippen LogP contribution in [-0.4, -0.2) is 30.3 Å². The number of benzene rings is 1. The van der Waals surface area contributed by atoms with Crippen LogP contribution < -0.4 is 0 Å². The fourth-order valence-corrected chi connectivity index (χ4v) is 3.27. The van der Waals surface area contributed by atoms with Crippen LogP contribution in [0.2, 0.25) is 0 Å². The first-order chi connectivity index (χ1) is 13.7. The molecule has 28 heavy (non-hydrogen) atoms. The lowest BCUT2D eigenvalue weighted by molar-refractivity contribution is 0.476. The quantitative estimate of drug-likeness (QED) is 0.525. The molecule has 1 aliphatic rings. The van der Waals surface area contributed by atoms with E-state index in [9.17, 15) is 5.11 Å². The van der Waals surface area contributed by atoms with Crippen LogP contribution in [-0.2, 0) is 12.8 Å². The molecule has 0 unspecified atom stereocenters. The first-order valence-electron chi connectivity index (χ1n) is 9.06. The Morgan fingerprint density at radius 2 is 1.96 bits per heavy atom. The molecule has 0 saturated carbocycles. The number of aromatic nitrogens is 5. The molecule has 1 aliphatic carbocycles. The van der Waals surface area contributed by atoms with Gasteiger partial charge in [0.05, 0.1) is 17.3 Å². The van der Waals surface area contributed by atoms with Gasteiger partial charge in [0.1, 0.15) is 23.2 Å². The topological polar surface area (TPSA) is 111 Å². The Bertz CT molecular complexity index is 1150. The standard InChI is InChI=1S/C11H8N4O.C10H10N2.H2/c16-7-1-2-9-8(5-7)11(15-14-9)10-6-12-3-4-13-10;11-6-8-5-9-3-1-2-4-10(9)12-7-8;/h1-6,16H,(H,14,15);5,7H,1-4H2;1H. The van der Waals surface area contributed by atoms with Crippen molar-refractivity contribution in [1.82, 2.24) is 25.1 Å². The molecule has 0 aliphatic heterocycles. The molecule has 140 valence electrons. The molecule has 0 radical (unpaired) electrons. The van der Waals surface area contributed by atoms with Crippen molar-refractivity contribution in [2.45, 2.75) is 25.7 Å². The van der Waals surface area contributed by atoms with Gasteiger partial charge >= 0.3 is 0 Å². The van der Waals surface area contributed by atoms with E-state index in [0.717, 1.165) is 23.7 Å². The van der Waals surface area contributed by atoms with Crippen molar-refractivity contribution in [2.75, 3.05) is 0 Å². The number of aromatic amines is 1. The van der Waals surface area contributed by atoms with E-state index in [1.54, 1.807) is 43.0 Å². The maximum atomic E-state index is 9.44. The zero-order valence-electron chi connectivity index (χ0n) is 15.1. The van der Waals surface area contributed by atoms with Gasteiger partial charge in [0.2, 0.25) is 0 Å². The van der Waals surface area contributed by atoms with Gasteiger partial charge in [0.15, 0.2) is 0 Å². The van der Waals surface area contributed by atoms with Gasteiger partial charge in [0.25, 0.3) is 0 Å². The molecular formula is C21H20N6O. The Hall–Kier alpha value is -3.79. The van der Waals surface area contributed by atoms with Gasteiger partial charge in [0, 0.05) is 31.1 Å². The number of rotatable bonds is 1. The van der Waals surface area contributed by atoms with Gasteiger partial charge in [-0.2, -0.15) is 10.4 Å². The summed E-state index contributed by atoms with van der Waals surface area (Å²) >= 11 is 0. The normalized spacial score (nSPS) is 12.5. The smallest absolute Gasteiger partial charge is 0.120 e. The number of H-pyrrole nitrogens is 1. The molecule has 4 aromatic rings. The van der Waals surface area contributed by atoms with E-state index in [0.29, 0.717) is 17.0 Å². The fourth-order valence-electron chi connectivity index (χ4n) is 3.27. The molecule has 0 spiro atoms. The molecule has 0 amide bonds. The summed E-state index contributed by atoms with van der Waals surface area (Å²) in [5, 5.41) is 26.0. The molecule has 0 saturated heterocycles. The Morgan fingerprint density at radius 3 is 2.79 bits per heavy atom. The zero-order valence-corrected chi connectivity index (χ0v) is 15.1.